The molecule has 4 heteroatoms. The second-order valence-corrected chi connectivity index (χ2v) is 4.69. The summed E-state index contributed by atoms with van der Waals surface area (Å²) in [6.07, 6.45) is 1.91. The zero-order valence-corrected chi connectivity index (χ0v) is 12.5. The Morgan fingerprint density at radius 1 is 1.35 bits per heavy atom. The molecule has 4 nitrogen and oxygen atoms in total. The first-order valence-corrected chi connectivity index (χ1v) is 6.99. The second kappa shape index (κ2) is 6.09. The van der Waals surface area contributed by atoms with Gasteiger partial charge in [0.05, 0.1) is 24.0 Å². The highest BCUT2D eigenvalue weighted by molar-refractivity contribution is 5.92. The number of nitrogens with zero attached hydrogens (tertiary/aromatic N) is 1. The van der Waals surface area contributed by atoms with Crippen molar-refractivity contribution >= 4 is 11.5 Å². The molecule has 2 rings (SSSR count). The predicted octanol–water partition coefficient (Wildman–Crippen LogP) is 3.52. The average Bonchev–Trinajstić information content (AvgIpc) is 2.86. The Kier molecular flexibility index (Phi) is 4.45. The number of aromatic nitrogens is 1. The van der Waals surface area contributed by atoms with E-state index in [9.17, 15) is 4.79 Å². The van der Waals surface area contributed by atoms with Crippen LogP contribution in [-0.4, -0.2) is 23.6 Å². The Balaban J connectivity index is 2.61. The van der Waals surface area contributed by atoms with Crippen LogP contribution in [0.25, 0.3) is 5.52 Å². The van der Waals surface area contributed by atoms with Gasteiger partial charge in [0.2, 0.25) is 0 Å². The van der Waals surface area contributed by atoms with Crippen LogP contribution in [0.3, 0.4) is 0 Å². The minimum atomic E-state index is -0.279. The Labute approximate surface area is 119 Å². The molecule has 20 heavy (non-hydrogen) atoms. The Hall–Kier alpha value is -1.81. The molecule has 2 aromatic rings. The van der Waals surface area contributed by atoms with Gasteiger partial charge in [0.25, 0.3) is 0 Å². The number of hydrogen-bond acceptors (Lipinski definition) is 3. The number of esters is 1. The van der Waals surface area contributed by atoms with Gasteiger partial charge in [0.15, 0.2) is 0 Å². The normalized spacial score (nSPS) is 12.6. The quantitative estimate of drug-likeness (QED) is 0.784. The lowest BCUT2D eigenvalue weighted by atomic mass is 10.0. The third-order valence-electron chi connectivity index (χ3n) is 3.42. The van der Waals surface area contributed by atoms with Gasteiger partial charge in [-0.05, 0) is 51.5 Å². The van der Waals surface area contributed by atoms with Gasteiger partial charge >= 0.3 is 5.97 Å². The highest BCUT2D eigenvalue weighted by Gasteiger charge is 2.20. The number of rotatable bonds is 5. The number of carbonyl (C=O) groups is 1. The van der Waals surface area contributed by atoms with Crippen LogP contribution in [0.5, 0.6) is 0 Å². The molecule has 0 aliphatic carbocycles. The van der Waals surface area contributed by atoms with Crippen LogP contribution >= 0.6 is 0 Å². The molecule has 0 aromatic carbocycles. The Morgan fingerprint density at radius 2 is 2.10 bits per heavy atom. The molecule has 0 aliphatic rings. The first-order chi connectivity index (χ1) is 9.60. The maximum atomic E-state index is 12.1. The van der Waals surface area contributed by atoms with Crippen LogP contribution in [0.1, 0.15) is 48.5 Å². The third-order valence-corrected chi connectivity index (χ3v) is 3.42. The fourth-order valence-corrected chi connectivity index (χ4v) is 2.56. The molecule has 0 spiro atoms. The monoisotopic (exact) mass is 275 g/mol. The summed E-state index contributed by atoms with van der Waals surface area (Å²) in [5, 5.41) is 0. The minimum absolute atomic E-state index is 0.0794. The van der Waals surface area contributed by atoms with E-state index in [0.717, 1.165) is 16.8 Å². The summed E-state index contributed by atoms with van der Waals surface area (Å²) >= 11 is 0. The number of carbonyl (C=O) groups excluding carboxylic acids is 1. The van der Waals surface area contributed by atoms with Crippen molar-refractivity contribution in [1.82, 2.24) is 4.40 Å². The molecule has 0 fully saturated rings. The third kappa shape index (κ3) is 2.56. The molecule has 108 valence electrons. The highest BCUT2D eigenvalue weighted by atomic mass is 16.5. The molecule has 1 atom stereocenters. The SMILES string of the molecule is CCOC(=O)c1cc2cccn2c(C(C)OCC)c1C. The molecular formula is C16H21NO3. The van der Waals surface area contributed by atoms with Gasteiger partial charge < -0.3 is 13.9 Å². The largest absolute Gasteiger partial charge is 0.462 e. The van der Waals surface area contributed by atoms with Crippen LogP contribution in [0.15, 0.2) is 24.4 Å². The summed E-state index contributed by atoms with van der Waals surface area (Å²) < 4.78 is 12.9. The van der Waals surface area contributed by atoms with Gasteiger partial charge in [-0.15, -0.1) is 0 Å². The predicted molar refractivity (Wildman–Crippen MR) is 78.1 cm³/mol. The zero-order valence-electron chi connectivity index (χ0n) is 12.5. The zero-order chi connectivity index (χ0) is 14.7. The molecule has 0 saturated carbocycles. The van der Waals surface area contributed by atoms with Crippen molar-refractivity contribution in [1.29, 1.82) is 0 Å². The first-order valence-electron chi connectivity index (χ1n) is 6.99. The molecule has 1 unspecified atom stereocenters. The number of hydrogen-bond donors (Lipinski definition) is 0. The van der Waals surface area contributed by atoms with Crippen molar-refractivity contribution in [3.05, 3.63) is 41.2 Å². The van der Waals surface area contributed by atoms with E-state index < -0.39 is 0 Å². The second-order valence-electron chi connectivity index (χ2n) is 4.69. The van der Waals surface area contributed by atoms with Crippen molar-refractivity contribution < 1.29 is 14.3 Å². The van der Waals surface area contributed by atoms with E-state index in [1.165, 1.54) is 0 Å². The molecule has 2 heterocycles. The van der Waals surface area contributed by atoms with E-state index >= 15 is 0 Å². The molecule has 0 aliphatic heterocycles. The van der Waals surface area contributed by atoms with Crippen LogP contribution in [-0.2, 0) is 9.47 Å². The van der Waals surface area contributed by atoms with Crippen molar-refractivity contribution in [2.45, 2.75) is 33.8 Å². The van der Waals surface area contributed by atoms with E-state index in [-0.39, 0.29) is 12.1 Å². The summed E-state index contributed by atoms with van der Waals surface area (Å²) in [5.74, 6) is -0.279. The van der Waals surface area contributed by atoms with E-state index in [1.54, 1.807) is 0 Å². The van der Waals surface area contributed by atoms with Gasteiger partial charge in [-0.2, -0.15) is 0 Å². The summed E-state index contributed by atoms with van der Waals surface area (Å²) in [7, 11) is 0. The van der Waals surface area contributed by atoms with Gasteiger partial charge in [-0.25, -0.2) is 4.79 Å². The Morgan fingerprint density at radius 3 is 2.75 bits per heavy atom. The fraction of sp³-hybridized carbons (Fsp3) is 0.438. The van der Waals surface area contributed by atoms with Gasteiger partial charge in [-0.3, -0.25) is 0 Å². The topological polar surface area (TPSA) is 39.9 Å². The number of fused-ring (bicyclic) bond motifs is 1. The Bertz CT molecular complexity index is 615. The van der Waals surface area contributed by atoms with E-state index in [2.05, 4.69) is 4.40 Å². The van der Waals surface area contributed by atoms with Crippen molar-refractivity contribution in [3.8, 4) is 0 Å². The summed E-state index contributed by atoms with van der Waals surface area (Å²) in [5.41, 5.74) is 3.49. The van der Waals surface area contributed by atoms with Crippen LogP contribution in [0.2, 0.25) is 0 Å². The first kappa shape index (κ1) is 14.6. The van der Waals surface area contributed by atoms with Crippen molar-refractivity contribution in [2.75, 3.05) is 13.2 Å². The molecule has 0 saturated heterocycles. The van der Waals surface area contributed by atoms with Gasteiger partial charge in [0, 0.05) is 18.3 Å². The fourth-order valence-electron chi connectivity index (χ4n) is 2.56. The average molecular weight is 275 g/mol. The molecule has 0 radical (unpaired) electrons. The minimum Gasteiger partial charge on any atom is -0.462 e. The lowest BCUT2D eigenvalue weighted by molar-refractivity contribution is 0.0523. The number of ether oxygens (including phenoxy) is 2. The van der Waals surface area contributed by atoms with Gasteiger partial charge in [0.1, 0.15) is 0 Å². The molecule has 0 amide bonds. The van der Waals surface area contributed by atoms with Crippen LogP contribution in [0.4, 0.5) is 0 Å². The molecule has 2 aromatic heterocycles. The summed E-state index contributed by atoms with van der Waals surface area (Å²) in [4.78, 5) is 12.1. The van der Waals surface area contributed by atoms with Gasteiger partial charge in [-0.1, -0.05) is 0 Å². The van der Waals surface area contributed by atoms with Crippen molar-refractivity contribution in [2.24, 2.45) is 0 Å². The molecule has 0 N–H and O–H groups in total. The van der Waals surface area contributed by atoms with Crippen LogP contribution in [0, 0.1) is 6.92 Å². The smallest absolute Gasteiger partial charge is 0.338 e. The van der Waals surface area contributed by atoms with E-state index in [4.69, 9.17) is 9.47 Å². The highest BCUT2D eigenvalue weighted by Crippen LogP contribution is 2.26. The molecule has 0 bridgehead atoms. The maximum absolute atomic E-state index is 12.1. The maximum Gasteiger partial charge on any atom is 0.338 e. The number of pyridine rings is 1. The summed E-state index contributed by atoms with van der Waals surface area (Å²) in [6, 6.07) is 5.81. The lowest BCUT2D eigenvalue weighted by Crippen LogP contribution is -2.14. The van der Waals surface area contributed by atoms with E-state index in [0.29, 0.717) is 18.8 Å². The lowest BCUT2D eigenvalue weighted by Gasteiger charge is -2.19. The van der Waals surface area contributed by atoms with E-state index in [1.807, 2.05) is 52.1 Å². The van der Waals surface area contributed by atoms with Crippen molar-refractivity contribution in [3.63, 3.8) is 0 Å². The van der Waals surface area contributed by atoms with Crippen LogP contribution < -0.4 is 0 Å². The summed E-state index contributed by atoms with van der Waals surface area (Å²) in [6.45, 7) is 8.73. The standard InChI is InChI=1S/C16H21NO3/c1-5-19-12(4)15-11(3)14(16(18)20-6-2)10-13-8-7-9-17(13)15/h7-10,12H,5-6H2,1-4H3. The molecular weight excluding hydrogens is 254 g/mol.